The molecule has 1 amide bonds. The maximum absolute atomic E-state index is 12.7. The average molecular weight is 330 g/mol. The van der Waals surface area contributed by atoms with E-state index in [4.69, 9.17) is 9.47 Å². The third-order valence-corrected chi connectivity index (χ3v) is 3.02. The summed E-state index contributed by atoms with van der Waals surface area (Å²) in [5.41, 5.74) is 1.34. The zero-order valence-corrected chi connectivity index (χ0v) is 12.2. The number of alkyl halides is 3. The van der Waals surface area contributed by atoms with Crippen LogP contribution in [0.5, 0.6) is 5.75 Å². The number of hydrazine groups is 1. The SMILES string of the molecule is COC1=C(C(=O)Oc2cccc(C(F)(F)F)c2)N(C)NC(=O)C1. The molecule has 1 aromatic rings. The van der Waals surface area contributed by atoms with Crippen LogP contribution in [0.25, 0.3) is 0 Å². The van der Waals surface area contributed by atoms with Crippen molar-refractivity contribution in [3.8, 4) is 5.75 Å². The number of carbonyl (C=O) groups excluding carboxylic acids is 2. The molecule has 9 heteroatoms. The van der Waals surface area contributed by atoms with Gasteiger partial charge >= 0.3 is 12.1 Å². The molecule has 0 atom stereocenters. The molecule has 0 saturated carbocycles. The number of likely N-dealkylation sites (N-methyl/N-ethyl adjacent to an activating group) is 1. The minimum atomic E-state index is -4.55. The smallest absolute Gasteiger partial charge is 0.416 e. The Labute approximate surface area is 129 Å². The second kappa shape index (κ2) is 6.19. The van der Waals surface area contributed by atoms with Crippen molar-refractivity contribution in [2.24, 2.45) is 0 Å². The predicted octanol–water partition coefficient (Wildman–Crippen LogP) is 1.84. The van der Waals surface area contributed by atoms with Gasteiger partial charge in [-0.15, -0.1) is 0 Å². The summed E-state index contributed by atoms with van der Waals surface area (Å²) in [6.07, 6.45) is -4.72. The van der Waals surface area contributed by atoms with Crippen LogP contribution in [-0.2, 0) is 20.5 Å². The molecule has 6 nitrogen and oxygen atoms in total. The summed E-state index contributed by atoms with van der Waals surface area (Å²) < 4.78 is 47.9. The van der Waals surface area contributed by atoms with Gasteiger partial charge in [0, 0.05) is 7.05 Å². The molecule has 0 radical (unpaired) electrons. The van der Waals surface area contributed by atoms with Gasteiger partial charge in [0.25, 0.3) is 0 Å². The van der Waals surface area contributed by atoms with Crippen molar-refractivity contribution in [3.05, 3.63) is 41.3 Å². The molecule has 0 bridgehead atoms. The fourth-order valence-corrected chi connectivity index (χ4v) is 2.01. The van der Waals surface area contributed by atoms with Gasteiger partial charge in [0.1, 0.15) is 11.5 Å². The average Bonchev–Trinajstić information content (AvgIpc) is 2.45. The molecule has 0 saturated heterocycles. The van der Waals surface area contributed by atoms with Crippen LogP contribution in [0.3, 0.4) is 0 Å². The number of esters is 1. The molecule has 1 aliphatic heterocycles. The molecule has 1 aromatic carbocycles. The number of nitrogens with one attached hydrogen (secondary N) is 1. The van der Waals surface area contributed by atoms with Crippen LogP contribution < -0.4 is 10.2 Å². The van der Waals surface area contributed by atoms with Crippen molar-refractivity contribution >= 4 is 11.9 Å². The molecule has 0 spiro atoms. The minimum absolute atomic E-state index is 0.0632. The number of benzene rings is 1. The van der Waals surface area contributed by atoms with Gasteiger partial charge in [-0.2, -0.15) is 13.2 Å². The van der Waals surface area contributed by atoms with E-state index in [1.54, 1.807) is 0 Å². The molecule has 0 fully saturated rings. The van der Waals surface area contributed by atoms with E-state index in [1.807, 2.05) is 0 Å². The molecular weight excluding hydrogens is 317 g/mol. The molecule has 2 rings (SSSR count). The summed E-state index contributed by atoms with van der Waals surface area (Å²) in [6.45, 7) is 0. The van der Waals surface area contributed by atoms with Crippen LogP contribution in [0.2, 0.25) is 0 Å². The molecule has 124 valence electrons. The predicted molar refractivity (Wildman–Crippen MR) is 71.6 cm³/mol. The highest BCUT2D eigenvalue weighted by Gasteiger charge is 2.32. The molecule has 1 heterocycles. The first-order chi connectivity index (χ1) is 10.7. The van der Waals surface area contributed by atoms with Crippen molar-refractivity contribution in [1.82, 2.24) is 10.4 Å². The zero-order chi connectivity index (χ0) is 17.2. The Kier molecular flexibility index (Phi) is 4.48. The van der Waals surface area contributed by atoms with Gasteiger partial charge in [-0.05, 0) is 18.2 Å². The summed E-state index contributed by atoms with van der Waals surface area (Å²) in [4.78, 5) is 23.6. The number of nitrogens with zero attached hydrogens (tertiary/aromatic N) is 1. The van der Waals surface area contributed by atoms with Crippen molar-refractivity contribution < 1.29 is 32.2 Å². The summed E-state index contributed by atoms with van der Waals surface area (Å²) in [5.74, 6) is -1.53. The Balaban J connectivity index is 2.26. The van der Waals surface area contributed by atoms with Gasteiger partial charge in [-0.3, -0.25) is 15.2 Å². The van der Waals surface area contributed by atoms with Gasteiger partial charge in [0.2, 0.25) is 5.91 Å². The number of amides is 1. The van der Waals surface area contributed by atoms with Gasteiger partial charge in [0.15, 0.2) is 5.70 Å². The fourth-order valence-electron chi connectivity index (χ4n) is 2.01. The van der Waals surface area contributed by atoms with Crippen molar-refractivity contribution in [3.63, 3.8) is 0 Å². The number of halogens is 3. The Hall–Kier alpha value is -2.71. The molecule has 0 unspecified atom stereocenters. The summed E-state index contributed by atoms with van der Waals surface area (Å²) >= 11 is 0. The highest BCUT2D eigenvalue weighted by molar-refractivity contribution is 5.93. The van der Waals surface area contributed by atoms with Crippen molar-refractivity contribution in [1.29, 1.82) is 0 Å². The van der Waals surface area contributed by atoms with Crippen LogP contribution in [0.15, 0.2) is 35.7 Å². The highest BCUT2D eigenvalue weighted by atomic mass is 19.4. The molecule has 23 heavy (non-hydrogen) atoms. The van der Waals surface area contributed by atoms with Crippen molar-refractivity contribution in [2.75, 3.05) is 14.2 Å². The van der Waals surface area contributed by atoms with E-state index in [9.17, 15) is 22.8 Å². The van der Waals surface area contributed by atoms with Crippen molar-refractivity contribution in [2.45, 2.75) is 12.6 Å². The van der Waals surface area contributed by atoms with E-state index < -0.39 is 17.7 Å². The maximum Gasteiger partial charge on any atom is 0.416 e. The summed E-state index contributed by atoms with van der Waals surface area (Å²) in [5, 5.41) is 1.10. The Bertz CT molecular complexity index is 670. The van der Waals surface area contributed by atoms with E-state index >= 15 is 0 Å². The Morgan fingerprint density at radius 2 is 2.04 bits per heavy atom. The zero-order valence-electron chi connectivity index (χ0n) is 12.2. The fraction of sp³-hybridized carbons (Fsp3) is 0.286. The lowest BCUT2D eigenvalue weighted by Gasteiger charge is -2.28. The first-order valence-corrected chi connectivity index (χ1v) is 6.42. The Morgan fingerprint density at radius 3 is 2.65 bits per heavy atom. The largest absolute Gasteiger partial charge is 0.498 e. The molecule has 1 N–H and O–H groups in total. The van der Waals surface area contributed by atoms with Gasteiger partial charge in [-0.25, -0.2) is 4.79 Å². The maximum atomic E-state index is 12.7. The van der Waals surface area contributed by atoms with E-state index in [0.29, 0.717) is 6.07 Å². The lowest BCUT2D eigenvalue weighted by molar-refractivity contribution is -0.139. The lowest BCUT2D eigenvalue weighted by Crippen LogP contribution is -2.46. The number of methoxy groups -OCH3 is 1. The van der Waals surface area contributed by atoms with Crippen LogP contribution >= 0.6 is 0 Å². The van der Waals surface area contributed by atoms with Crippen LogP contribution in [-0.4, -0.2) is 31.0 Å². The van der Waals surface area contributed by atoms with E-state index in [1.165, 1.54) is 20.2 Å². The number of ether oxygens (including phenoxy) is 2. The third-order valence-electron chi connectivity index (χ3n) is 3.02. The van der Waals surface area contributed by atoms with E-state index in [0.717, 1.165) is 17.1 Å². The van der Waals surface area contributed by atoms with Crippen LogP contribution in [0, 0.1) is 0 Å². The highest BCUT2D eigenvalue weighted by Crippen LogP contribution is 2.31. The molecule has 0 aliphatic carbocycles. The second-order valence-corrected chi connectivity index (χ2v) is 4.66. The second-order valence-electron chi connectivity index (χ2n) is 4.66. The van der Waals surface area contributed by atoms with E-state index in [-0.39, 0.29) is 29.5 Å². The summed E-state index contributed by atoms with van der Waals surface area (Å²) in [7, 11) is 2.66. The first kappa shape index (κ1) is 16.7. The minimum Gasteiger partial charge on any atom is -0.498 e. The number of carbonyl (C=O) groups is 2. The van der Waals surface area contributed by atoms with Crippen LogP contribution in [0.1, 0.15) is 12.0 Å². The quantitative estimate of drug-likeness (QED) is 0.676. The molecule has 0 aromatic heterocycles. The number of rotatable bonds is 3. The van der Waals surface area contributed by atoms with Gasteiger partial charge in [0.05, 0.1) is 19.1 Å². The summed E-state index contributed by atoms with van der Waals surface area (Å²) in [6, 6.07) is 3.93. The molecule has 1 aliphatic rings. The molecular formula is C14H13F3N2O4. The lowest BCUT2D eigenvalue weighted by atomic mass is 10.2. The topological polar surface area (TPSA) is 67.9 Å². The van der Waals surface area contributed by atoms with E-state index in [2.05, 4.69) is 5.43 Å². The van der Waals surface area contributed by atoms with Gasteiger partial charge < -0.3 is 9.47 Å². The number of hydrogen-bond acceptors (Lipinski definition) is 5. The number of hydrogen-bond donors (Lipinski definition) is 1. The first-order valence-electron chi connectivity index (χ1n) is 6.42. The monoisotopic (exact) mass is 330 g/mol. The Morgan fingerprint density at radius 1 is 1.35 bits per heavy atom. The normalized spacial score (nSPS) is 15.3. The standard InChI is InChI=1S/C14H13F3N2O4/c1-19-12(10(22-2)7-11(20)18-19)13(21)23-9-5-3-4-8(6-9)14(15,16)17/h3-6H,7H2,1-2H3,(H,18,20). The third kappa shape index (κ3) is 3.74. The van der Waals surface area contributed by atoms with Crippen LogP contribution in [0.4, 0.5) is 13.2 Å². The van der Waals surface area contributed by atoms with Gasteiger partial charge in [-0.1, -0.05) is 6.07 Å².